The predicted molar refractivity (Wildman–Crippen MR) is 75.5 cm³/mol. The van der Waals surface area contributed by atoms with Crippen molar-refractivity contribution >= 4 is 17.5 Å². The lowest BCUT2D eigenvalue weighted by Crippen LogP contribution is -2.27. The zero-order chi connectivity index (χ0) is 14.8. The lowest BCUT2D eigenvalue weighted by Gasteiger charge is -2.14. The number of amides is 1. The molecule has 3 rings (SSSR count). The minimum absolute atomic E-state index is 0.204. The van der Waals surface area contributed by atoms with Crippen LogP contribution < -0.4 is 14.8 Å². The maximum atomic E-state index is 12.1. The Morgan fingerprint density at radius 3 is 2.86 bits per heavy atom. The molecule has 0 saturated carbocycles. The Bertz CT molecular complexity index is 676. The Morgan fingerprint density at radius 2 is 2.10 bits per heavy atom. The molecule has 1 aromatic heterocycles. The van der Waals surface area contributed by atoms with Crippen LogP contribution in [0.2, 0.25) is 5.15 Å². The fourth-order valence-electron chi connectivity index (χ4n) is 1.97. The third-order valence-corrected chi connectivity index (χ3v) is 3.29. The highest BCUT2D eigenvalue weighted by Crippen LogP contribution is 2.34. The number of nitrogens with zero attached hydrogens (tertiary/aromatic N) is 2. The quantitative estimate of drug-likeness (QED) is 0.942. The van der Waals surface area contributed by atoms with Gasteiger partial charge in [-0.25, -0.2) is 9.97 Å². The fourth-order valence-corrected chi connectivity index (χ4v) is 2.06. The van der Waals surface area contributed by atoms with Gasteiger partial charge in [-0.15, -0.1) is 0 Å². The lowest BCUT2D eigenvalue weighted by molar-refractivity contribution is 0.0934. The predicted octanol–water partition coefficient (Wildman–Crippen LogP) is 2.35. The summed E-state index contributed by atoms with van der Waals surface area (Å²) < 4.78 is 10.6. The van der Waals surface area contributed by atoms with Gasteiger partial charge in [-0.1, -0.05) is 17.7 Å². The van der Waals surface area contributed by atoms with Gasteiger partial charge in [0.15, 0.2) is 11.5 Å². The normalized spacial score (nSPS) is 13.8. The van der Waals surface area contributed by atoms with Crippen LogP contribution in [0.25, 0.3) is 0 Å². The highest BCUT2D eigenvalue weighted by molar-refractivity contribution is 6.29. The molecule has 1 amide bonds. The first kappa shape index (κ1) is 13.6. The number of halogens is 1. The van der Waals surface area contributed by atoms with Crippen molar-refractivity contribution in [1.82, 2.24) is 15.3 Å². The Morgan fingerprint density at radius 1 is 1.29 bits per heavy atom. The highest BCUT2D eigenvalue weighted by atomic mass is 35.5. The van der Waals surface area contributed by atoms with Gasteiger partial charge in [0.05, 0.1) is 18.4 Å². The van der Waals surface area contributed by atoms with E-state index >= 15 is 0 Å². The number of hydrogen-bond acceptors (Lipinski definition) is 5. The van der Waals surface area contributed by atoms with Gasteiger partial charge in [-0.2, -0.15) is 0 Å². The van der Waals surface area contributed by atoms with Gasteiger partial charge in [0, 0.05) is 0 Å². The average Bonchev–Trinajstić information content (AvgIpc) is 2.95. The molecule has 21 heavy (non-hydrogen) atoms. The van der Waals surface area contributed by atoms with Gasteiger partial charge >= 0.3 is 0 Å². The second-order valence-corrected chi connectivity index (χ2v) is 4.92. The van der Waals surface area contributed by atoms with Crippen LogP contribution in [-0.4, -0.2) is 22.7 Å². The van der Waals surface area contributed by atoms with E-state index in [-0.39, 0.29) is 29.6 Å². The molecule has 108 valence electrons. The molecule has 1 N–H and O–H groups in total. The van der Waals surface area contributed by atoms with Crippen molar-refractivity contribution in [3.05, 3.63) is 47.0 Å². The van der Waals surface area contributed by atoms with E-state index in [1.807, 2.05) is 25.1 Å². The third-order valence-electron chi connectivity index (χ3n) is 3.10. The van der Waals surface area contributed by atoms with E-state index in [0.29, 0.717) is 11.5 Å². The Kier molecular flexibility index (Phi) is 3.62. The molecule has 6 nitrogen and oxygen atoms in total. The molecule has 1 aromatic carbocycles. The van der Waals surface area contributed by atoms with E-state index in [9.17, 15) is 4.79 Å². The summed E-state index contributed by atoms with van der Waals surface area (Å²) in [4.78, 5) is 19.8. The largest absolute Gasteiger partial charge is 0.454 e. The number of nitrogens with one attached hydrogen (secondary N) is 1. The summed E-state index contributed by atoms with van der Waals surface area (Å²) in [7, 11) is 0. The number of carbonyl (C=O) groups excluding carboxylic acids is 1. The maximum absolute atomic E-state index is 12.1. The number of ether oxygens (including phenoxy) is 2. The summed E-state index contributed by atoms with van der Waals surface area (Å²) in [6, 6.07) is 5.35. The number of hydrogen-bond donors (Lipinski definition) is 1. The summed E-state index contributed by atoms with van der Waals surface area (Å²) in [5.41, 5.74) is 1.13. The molecule has 0 fully saturated rings. The van der Waals surface area contributed by atoms with Crippen molar-refractivity contribution in [3.8, 4) is 11.5 Å². The van der Waals surface area contributed by atoms with Crippen LogP contribution in [0.3, 0.4) is 0 Å². The number of carbonyl (C=O) groups is 1. The van der Waals surface area contributed by atoms with Gasteiger partial charge in [0.25, 0.3) is 5.91 Å². The number of fused-ring (bicyclic) bond motifs is 1. The second-order valence-electron chi connectivity index (χ2n) is 4.53. The molecule has 1 atom stereocenters. The van der Waals surface area contributed by atoms with Crippen LogP contribution in [0.4, 0.5) is 0 Å². The van der Waals surface area contributed by atoms with Crippen molar-refractivity contribution in [2.45, 2.75) is 13.0 Å². The molecular formula is C14H12ClN3O3. The van der Waals surface area contributed by atoms with Gasteiger partial charge in [0.1, 0.15) is 10.8 Å². The monoisotopic (exact) mass is 305 g/mol. The van der Waals surface area contributed by atoms with Gasteiger partial charge in [-0.05, 0) is 24.6 Å². The molecule has 2 heterocycles. The molecule has 1 unspecified atom stereocenters. The Hall–Kier alpha value is -2.34. The molecule has 7 heteroatoms. The first-order chi connectivity index (χ1) is 10.1. The fraction of sp³-hybridized carbons (Fsp3) is 0.214. The number of aromatic nitrogens is 2. The van der Waals surface area contributed by atoms with Gasteiger partial charge in [-0.3, -0.25) is 4.79 Å². The molecule has 0 radical (unpaired) electrons. The van der Waals surface area contributed by atoms with Crippen molar-refractivity contribution < 1.29 is 14.3 Å². The maximum Gasteiger partial charge on any atom is 0.271 e. The van der Waals surface area contributed by atoms with Crippen LogP contribution in [0.5, 0.6) is 11.5 Å². The second kappa shape index (κ2) is 5.57. The molecular weight excluding hydrogens is 294 g/mol. The topological polar surface area (TPSA) is 73.3 Å². The number of rotatable bonds is 3. The molecule has 0 bridgehead atoms. The van der Waals surface area contributed by atoms with Crippen molar-refractivity contribution in [3.63, 3.8) is 0 Å². The first-order valence-electron chi connectivity index (χ1n) is 6.31. The van der Waals surface area contributed by atoms with E-state index in [4.69, 9.17) is 21.1 Å². The van der Waals surface area contributed by atoms with E-state index in [1.54, 1.807) is 0 Å². The molecule has 0 saturated heterocycles. The van der Waals surface area contributed by atoms with E-state index in [2.05, 4.69) is 15.3 Å². The highest BCUT2D eigenvalue weighted by Gasteiger charge is 2.17. The summed E-state index contributed by atoms with van der Waals surface area (Å²) in [6.07, 6.45) is 2.67. The molecule has 1 aliphatic heterocycles. The van der Waals surface area contributed by atoms with E-state index < -0.39 is 0 Å². The zero-order valence-electron chi connectivity index (χ0n) is 11.2. The lowest BCUT2D eigenvalue weighted by atomic mass is 10.1. The molecule has 0 spiro atoms. The van der Waals surface area contributed by atoms with Crippen LogP contribution in [-0.2, 0) is 0 Å². The minimum Gasteiger partial charge on any atom is -0.454 e. The Labute approximate surface area is 126 Å². The summed E-state index contributed by atoms with van der Waals surface area (Å²) in [6.45, 7) is 2.10. The van der Waals surface area contributed by atoms with Crippen molar-refractivity contribution in [2.24, 2.45) is 0 Å². The van der Waals surface area contributed by atoms with Crippen LogP contribution in [0.1, 0.15) is 29.0 Å². The average molecular weight is 306 g/mol. The minimum atomic E-state index is -0.315. The molecule has 2 aromatic rings. The summed E-state index contributed by atoms with van der Waals surface area (Å²) >= 11 is 5.64. The van der Waals surface area contributed by atoms with Crippen molar-refractivity contribution in [1.29, 1.82) is 0 Å². The van der Waals surface area contributed by atoms with E-state index in [1.165, 1.54) is 12.4 Å². The van der Waals surface area contributed by atoms with E-state index in [0.717, 1.165) is 5.56 Å². The van der Waals surface area contributed by atoms with Gasteiger partial charge in [0.2, 0.25) is 6.79 Å². The van der Waals surface area contributed by atoms with Crippen LogP contribution in [0, 0.1) is 0 Å². The third kappa shape index (κ3) is 2.90. The van der Waals surface area contributed by atoms with Crippen LogP contribution in [0.15, 0.2) is 30.6 Å². The SMILES string of the molecule is CC(NC(=O)c1cnc(Cl)cn1)c1ccc2c(c1)OCO2. The summed E-state index contributed by atoms with van der Waals surface area (Å²) in [5.74, 6) is 1.07. The standard InChI is InChI=1S/C14H12ClN3O3/c1-8(9-2-3-11-12(4-9)21-7-20-11)18-14(19)10-5-17-13(15)6-16-10/h2-6,8H,7H2,1H3,(H,18,19). The van der Waals surface area contributed by atoms with Crippen LogP contribution >= 0.6 is 11.6 Å². The zero-order valence-corrected chi connectivity index (χ0v) is 11.9. The smallest absolute Gasteiger partial charge is 0.271 e. The van der Waals surface area contributed by atoms with Gasteiger partial charge < -0.3 is 14.8 Å². The molecule has 0 aliphatic carbocycles. The van der Waals surface area contributed by atoms with Crippen molar-refractivity contribution in [2.75, 3.05) is 6.79 Å². The molecule has 1 aliphatic rings. The number of benzene rings is 1. The first-order valence-corrected chi connectivity index (χ1v) is 6.69. The Balaban J connectivity index is 1.72. The summed E-state index contributed by atoms with van der Waals surface area (Å²) in [5, 5.41) is 3.09.